The fourth-order valence-corrected chi connectivity index (χ4v) is 7.44. The number of likely N-dealkylation sites (tertiary alicyclic amines) is 3. The number of carbonyl (C=O) groups is 2. The minimum absolute atomic E-state index is 0.0244. The maximum Gasteiger partial charge on any atom is 0.242 e. The first-order valence-electron chi connectivity index (χ1n) is 13.3. The summed E-state index contributed by atoms with van der Waals surface area (Å²) >= 11 is 0. The maximum atomic E-state index is 13.7. The number of nitrogens with two attached hydrogens (primary N) is 1. The lowest BCUT2D eigenvalue weighted by Crippen LogP contribution is -2.57. The molecule has 0 aromatic heterocycles. The van der Waals surface area contributed by atoms with Crippen molar-refractivity contribution in [3.8, 4) is 6.07 Å². The average molecular weight is 480 g/mol. The predicted molar refractivity (Wildman–Crippen MR) is 127 cm³/mol. The summed E-state index contributed by atoms with van der Waals surface area (Å²) < 4.78 is 13.7. The Kier molecular flexibility index (Phi) is 5.81. The molecule has 3 saturated heterocycles. The minimum atomic E-state index is -0.725. The van der Waals surface area contributed by atoms with Crippen LogP contribution in [0.1, 0.15) is 63.0 Å². The quantitative estimate of drug-likeness (QED) is 0.677. The average Bonchev–Trinajstić information content (AvgIpc) is 3.19. The highest BCUT2D eigenvalue weighted by Crippen LogP contribution is 2.48. The van der Waals surface area contributed by atoms with Crippen molar-refractivity contribution in [1.29, 1.82) is 5.26 Å². The van der Waals surface area contributed by atoms with Gasteiger partial charge in [0.15, 0.2) is 0 Å². The van der Waals surface area contributed by atoms with Gasteiger partial charge in [0.05, 0.1) is 24.2 Å². The van der Waals surface area contributed by atoms with Crippen molar-refractivity contribution in [1.82, 2.24) is 14.7 Å². The Hall–Kier alpha value is -2.50. The number of benzene rings is 1. The van der Waals surface area contributed by atoms with Crippen molar-refractivity contribution in [2.24, 2.45) is 17.6 Å². The van der Waals surface area contributed by atoms with E-state index in [0.29, 0.717) is 24.9 Å². The molecule has 1 unspecified atom stereocenters. The number of piperidine rings is 1. The summed E-state index contributed by atoms with van der Waals surface area (Å²) in [6.07, 6.45) is 8.23. The first-order chi connectivity index (χ1) is 17.0. The van der Waals surface area contributed by atoms with E-state index in [4.69, 9.17) is 5.73 Å². The van der Waals surface area contributed by atoms with Gasteiger partial charge in [-0.15, -0.1) is 0 Å². The summed E-state index contributed by atoms with van der Waals surface area (Å²) in [5.41, 5.74) is 7.39. The van der Waals surface area contributed by atoms with Crippen LogP contribution < -0.4 is 5.73 Å². The Morgan fingerprint density at radius 1 is 1.14 bits per heavy atom. The number of nitriles is 1. The summed E-state index contributed by atoms with van der Waals surface area (Å²) in [4.78, 5) is 32.7. The summed E-state index contributed by atoms with van der Waals surface area (Å²) in [5.74, 6) is 0.542. The number of rotatable bonds is 6. The van der Waals surface area contributed by atoms with E-state index in [1.54, 1.807) is 4.90 Å². The van der Waals surface area contributed by atoms with Crippen molar-refractivity contribution >= 4 is 11.8 Å². The molecule has 0 spiro atoms. The van der Waals surface area contributed by atoms with Crippen LogP contribution in [0.25, 0.3) is 0 Å². The van der Waals surface area contributed by atoms with Crippen LogP contribution in [0.3, 0.4) is 0 Å². The molecule has 5 fully saturated rings. The molecule has 186 valence electrons. The summed E-state index contributed by atoms with van der Waals surface area (Å²) in [5, 5.41) is 9.44. The topological polar surface area (TPSA) is 93.7 Å². The molecule has 5 aliphatic rings. The van der Waals surface area contributed by atoms with Crippen LogP contribution in [0, 0.1) is 29.0 Å². The SMILES string of the molecule is N#C[C@@H]1CC2C[C@@H]2N1C(=O)[C@@H](N)CN1C[C@H]2C[C@@H]1C(=O)N2[C@H](c1ccc(F)cc1)C1CCCCC1. The van der Waals surface area contributed by atoms with E-state index in [2.05, 4.69) is 15.9 Å². The molecule has 2 aliphatic carbocycles. The number of nitrogens with zero attached hydrogens (tertiary/aromatic N) is 4. The van der Waals surface area contributed by atoms with E-state index >= 15 is 0 Å². The van der Waals surface area contributed by atoms with Crippen molar-refractivity contribution in [2.75, 3.05) is 13.1 Å². The van der Waals surface area contributed by atoms with Gasteiger partial charge in [-0.2, -0.15) is 5.26 Å². The van der Waals surface area contributed by atoms with Gasteiger partial charge in [0.2, 0.25) is 11.8 Å². The molecular weight excluding hydrogens is 445 g/mol. The molecule has 1 aromatic rings. The van der Waals surface area contributed by atoms with E-state index in [9.17, 15) is 19.2 Å². The van der Waals surface area contributed by atoms with Gasteiger partial charge in [0.25, 0.3) is 0 Å². The molecule has 7 nitrogen and oxygen atoms in total. The van der Waals surface area contributed by atoms with E-state index in [1.807, 2.05) is 12.1 Å². The Labute approximate surface area is 206 Å². The molecule has 35 heavy (non-hydrogen) atoms. The molecule has 2 amide bonds. The first kappa shape index (κ1) is 22.9. The second-order valence-electron chi connectivity index (χ2n) is 11.3. The summed E-state index contributed by atoms with van der Waals surface area (Å²) in [6.45, 7) is 1.05. The van der Waals surface area contributed by atoms with Crippen LogP contribution in [0.15, 0.2) is 24.3 Å². The van der Waals surface area contributed by atoms with Gasteiger partial charge in [-0.25, -0.2) is 4.39 Å². The fraction of sp³-hybridized carbons (Fsp3) is 0.667. The Morgan fingerprint density at radius 3 is 2.57 bits per heavy atom. The van der Waals surface area contributed by atoms with Crippen LogP contribution in [0.5, 0.6) is 0 Å². The van der Waals surface area contributed by atoms with Crippen LogP contribution in [0.4, 0.5) is 4.39 Å². The maximum absolute atomic E-state index is 13.7. The molecule has 3 aliphatic heterocycles. The van der Waals surface area contributed by atoms with E-state index < -0.39 is 6.04 Å². The number of fused-ring (bicyclic) bond motifs is 3. The van der Waals surface area contributed by atoms with Gasteiger partial charge in [0.1, 0.15) is 11.9 Å². The largest absolute Gasteiger partial charge is 0.330 e. The third-order valence-corrected chi connectivity index (χ3v) is 9.18. The lowest BCUT2D eigenvalue weighted by Gasteiger charge is -2.43. The minimum Gasteiger partial charge on any atom is -0.330 e. The van der Waals surface area contributed by atoms with Crippen molar-refractivity contribution in [3.63, 3.8) is 0 Å². The van der Waals surface area contributed by atoms with Gasteiger partial charge in [0, 0.05) is 25.2 Å². The van der Waals surface area contributed by atoms with Crippen molar-refractivity contribution < 1.29 is 14.0 Å². The summed E-state index contributed by atoms with van der Waals surface area (Å²) in [6, 6.07) is 7.82. The molecule has 2 bridgehead atoms. The van der Waals surface area contributed by atoms with Crippen molar-refractivity contribution in [3.05, 3.63) is 35.6 Å². The van der Waals surface area contributed by atoms with Gasteiger partial charge in [-0.05, 0) is 61.6 Å². The zero-order valence-corrected chi connectivity index (χ0v) is 20.1. The highest BCUT2D eigenvalue weighted by Gasteiger charge is 2.56. The predicted octanol–water partition coefficient (Wildman–Crippen LogP) is 2.57. The monoisotopic (exact) mass is 479 g/mol. The Balaban J connectivity index is 1.16. The molecule has 2 saturated carbocycles. The van der Waals surface area contributed by atoms with E-state index in [-0.39, 0.29) is 47.8 Å². The molecule has 2 N–H and O–H groups in total. The smallest absolute Gasteiger partial charge is 0.242 e. The molecule has 0 radical (unpaired) electrons. The number of carbonyl (C=O) groups excluding carboxylic acids is 2. The molecule has 6 rings (SSSR count). The van der Waals surface area contributed by atoms with Crippen LogP contribution >= 0.6 is 0 Å². The number of amides is 2. The number of piperazine rings is 1. The standard InChI is InChI=1S/C27H34FN5O2/c28-19-8-6-17(7-9-19)25(16-4-2-1-3-5-16)33-21-12-24(27(33)35)31(14-21)15-22(30)26(34)32-20(13-29)10-18-11-23(18)32/h6-9,16,18,20-25H,1-5,10-12,14-15,30H2/t18?,20-,21+,22-,23-,24+,25-/m0/s1. The molecule has 1 aromatic carbocycles. The third-order valence-electron chi connectivity index (χ3n) is 9.18. The highest BCUT2D eigenvalue weighted by atomic mass is 19.1. The van der Waals surface area contributed by atoms with Gasteiger partial charge >= 0.3 is 0 Å². The van der Waals surface area contributed by atoms with Gasteiger partial charge in [-0.1, -0.05) is 31.4 Å². The lowest BCUT2D eigenvalue weighted by atomic mass is 9.80. The normalized spacial score (nSPS) is 34.1. The Morgan fingerprint density at radius 2 is 1.89 bits per heavy atom. The number of halogens is 1. The number of hydrogen-bond acceptors (Lipinski definition) is 5. The van der Waals surface area contributed by atoms with E-state index in [0.717, 1.165) is 37.7 Å². The second kappa shape index (κ2) is 8.86. The zero-order valence-electron chi connectivity index (χ0n) is 20.1. The summed E-state index contributed by atoms with van der Waals surface area (Å²) in [7, 11) is 0. The number of hydrogen-bond donors (Lipinski definition) is 1. The molecule has 3 heterocycles. The third kappa shape index (κ3) is 3.93. The molecular formula is C27H34FN5O2. The van der Waals surface area contributed by atoms with Crippen LogP contribution in [-0.2, 0) is 9.59 Å². The zero-order chi connectivity index (χ0) is 24.3. The van der Waals surface area contributed by atoms with Crippen LogP contribution in [0.2, 0.25) is 0 Å². The fourth-order valence-electron chi connectivity index (χ4n) is 7.44. The van der Waals surface area contributed by atoms with Crippen molar-refractivity contribution in [2.45, 2.75) is 87.6 Å². The van der Waals surface area contributed by atoms with Gasteiger partial charge in [-0.3, -0.25) is 14.5 Å². The van der Waals surface area contributed by atoms with Crippen LogP contribution in [-0.4, -0.2) is 69.8 Å². The molecule has 8 heteroatoms. The highest BCUT2D eigenvalue weighted by molar-refractivity contribution is 5.87. The van der Waals surface area contributed by atoms with Gasteiger partial charge < -0.3 is 15.5 Å². The first-order valence-corrected chi connectivity index (χ1v) is 13.3. The molecule has 7 atom stereocenters. The Bertz CT molecular complexity index is 1040. The van der Waals surface area contributed by atoms with E-state index in [1.165, 1.54) is 31.4 Å². The lowest BCUT2D eigenvalue weighted by molar-refractivity contribution is -0.143. The second-order valence-corrected chi connectivity index (χ2v) is 11.3.